The third-order valence-corrected chi connectivity index (χ3v) is 9.16. The predicted octanol–water partition coefficient (Wildman–Crippen LogP) is 9.24. The Bertz CT molecular complexity index is 1260. The lowest BCUT2D eigenvalue weighted by atomic mass is 9.81. The highest BCUT2D eigenvalue weighted by atomic mass is 14.9. The van der Waals surface area contributed by atoms with Crippen molar-refractivity contribution in [2.45, 2.75) is 113 Å². The minimum atomic E-state index is 0.363. The third kappa shape index (κ3) is 8.47. The molecule has 1 aromatic carbocycles. The van der Waals surface area contributed by atoms with E-state index in [0.29, 0.717) is 17.9 Å². The maximum absolute atomic E-state index is 3.82. The Hall–Kier alpha value is -2.54. The van der Waals surface area contributed by atoms with Gasteiger partial charge in [-0.1, -0.05) is 113 Å². The van der Waals surface area contributed by atoms with Gasteiger partial charge in [0.05, 0.1) is 0 Å². The molecule has 0 spiro atoms. The van der Waals surface area contributed by atoms with Crippen LogP contribution in [-0.4, -0.2) is 6.04 Å². The van der Waals surface area contributed by atoms with E-state index in [1.165, 1.54) is 75.2 Å². The second-order valence-corrected chi connectivity index (χ2v) is 12.3. The zero-order valence-electron chi connectivity index (χ0n) is 26.5. The van der Waals surface area contributed by atoms with E-state index < -0.39 is 0 Å². The van der Waals surface area contributed by atoms with Gasteiger partial charge in [0.2, 0.25) is 0 Å². The van der Waals surface area contributed by atoms with Crippen LogP contribution in [0.25, 0.3) is 11.6 Å². The molecule has 3 rings (SSSR count). The van der Waals surface area contributed by atoms with Crippen LogP contribution in [0.5, 0.6) is 0 Å². The molecule has 1 aliphatic heterocycles. The van der Waals surface area contributed by atoms with Crippen LogP contribution in [0.15, 0.2) is 76.6 Å². The van der Waals surface area contributed by atoms with Gasteiger partial charge in [-0.15, -0.1) is 0 Å². The van der Waals surface area contributed by atoms with Gasteiger partial charge in [-0.3, -0.25) is 0 Å². The molecule has 1 N–H and O–H groups in total. The number of nitrogens with one attached hydrogen (secondary N) is 1. The SMILES string of the molecule is CC/C=C/C(C)=C(\C)CC(C)[C@H](C)C1=c2cc(C)ccc2=CCC(C2=CC(CCC(CC)CC)=CC(C)N2)=C1. The topological polar surface area (TPSA) is 12.0 Å². The van der Waals surface area contributed by atoms with Gasteiger partial charge in [0.1, 0.15) is 0 Å². The van der Waals surface area contributed by atoms with Crippen LogP contribution < -0.4 is 15.8 Å². The quantitative estimate of drug-likeness (QED) is 0.268. The largest absolute Gasteiger partial charge is 0.379 e. The summed E-state index contributed by atoms with van der Waals surface area (Å²) in [4.78, 5) is 0. The Balaban J connectivity index is 2.00. The second kappa shape index (κ2) is 14.7. The summed E-state index contributed by atoms with van der Waals surface area (Å²) in [5.74, 6) is 1.84. The van der Waals surface area contributed by atoms with E-state index in [0.717, 1.165) is 25.2 Å². The molecule has 3 atom stereocenters. The molecular weight excluding hydrogens is 470 g/mol. The molecule has 0 fully saturated rings. The maximum atomic E-state index is 3.82. The Morgan fingerprint density at radius 3 is 2.51 bits per heavy atom. The fourth-order valence-electron chi connectivity index (χ4n) is 6.06. The average Bonchev–Trinajstić information content (AvgIpc) is 3.11. The second-order valence-electron chi connectivity index (χ2n) is 12.3. The standard InChI is InChI=1S/C38H55N/c1-10-13-14-27(5)28(6)22-29(7)31(9)36-25-35(20-19-34-18-15-26(4)21-37(34)36)38-24-33(23-30(8)39-38)17-16-32(11-2)12-3/h13-15,18-19,21,23-25,29-32,39H,10-12,16-17,20,22H2,1-9H3/b14-13+,28-27+/t29?,30?,31-/m0/s1. The van der Waals surface area contributed by atoms with E-state index >= 15 is 0 Å². The summed E-state index contributed by atoms with van der Waals surface area (Å²) in [5.41, 5.74) is 9.99. The minimum Gasteiger partial charge on any atom is -0.379 e. The maximum Gasteiger partial charge on any atom is 0.0421 e. The van der Waals surface area contributed by atoms with Gasteiger partial charge in [-0.2, -0.15) is 0 Å². The van der Waals surface area contributed by atoms with Crippen LogP contribution >= 0.6 is 0 Å². The molecule has 1 heteroatoms. The molecule has 0 saturated heterocycles. The van der Waals surface area contributed by atoms with Crippen molar-refractivity contribution in [2.24, 2.45) is 17.8 Å². The Morgan fingerprint density at radius 1 is 1.08 bits per heavy atom. The van der Waals surface area contributed by atoms with Crippen molar-refractivity contribution in [3.8, 4) is 0 Å². The highest BCUT2D eigenvalue weighted by Gasteiger charge is 2.21. The van der Waals surface area contributed by atoms with Gasteiger partial charge in [0.25, 0.3) is 0 Å². The van der Waals surface area contributed by atoms with Crippen LogP contribution in [0.4, 0.5) is 0 Å². The first-order chi connectivity index (χ1) is 18.7. The summed E-state index contributed by atoms with van der Waals surface area (Å²) in [6.45, 7) is 20.9. The summed E-state index contributed by atoms with van der Waals surface area (Å²) < 4.78 is 0. The molecule has 0 radical (unpaired) electrons. The molecule has 2 unspecified atom stereocenters. The molecule has 1 nitrogen and oxygen atoms in total. The molecule has 212 valence electrons. The number of allylic oxidation sites excluding steroid dienone is 8. The van der Waals surface area contributed by atoms with Crippen LogP contribution in [0.3, 0.4) is 0 Å². The fourth-order valence-corrected chi connectivity index (χ4v) is 6.06. The van der Waals surface area contributed by atoms with Gasteiger partial charge in [0.15, 0.2) is 0 Å². The fraction of sp³-hybridized carbons (Fsp3) is 0.526. The molecule has 0 amide bonds. The van der Waals surface area contributed by atoms with Crippen molar-refractivity contribution in [1.29, 1.82) is 0 Å². The predicted molar refractivity (Wildman–Crippen MR) is 174 cm³/mol. The summed E-state index contributed by atoms with van der Waals surface area (Å²) in [5, 5.41) is 6.62. The average molecular weight is 526 g/mol. The molecule has 39 heavy (non-hydrogen) atoms. The van der Waals surface area contributed by atoms with Crippen molar-refractivity contribution in [2.75, 3.05) is 0 Å². The summed E-state index contributed by atoms with van der Waals surface area (Å²) in [6, 6.07) is 7.37. The van der Waals surface area contributed by atoms with Crippen LogP contribution in [-0.2, 0) is 0 Å². The van der Waals surface area contributed by atoms with Crippen LogP contribution in [0.1, 0.15) is 106 Å². The van der Waals surface area contributed by atoms with E-state index in [2.05, 4.69) is 122 Å². The molecule has 1 aromatic rings. The van der Waals surface area contributed by atoms with E-state index in [4.69, 9.17) is 0 Å². The van der Waals surface area contributed by atoms with Gasteiger partial charge in [0, 0.05) is 11.7 Å². The van der Waals surface area contributed by atoms with Gasteiger partial charge in [-0.05, 0) is 111 Å². The Morgan fingerprint density at radius 2 is 1.82 bits per heavy atom. The summed E-state index contributed by atoms with van der Waals surface area (Å²) in [6.07, 6.45) is 22.7. The summed E-state index contributed by atoms with van der Waals surface area (Å²) in [7, 11) is 0. The highest BCUT2D eigenvalue weighted by molar-refractivity contribution is 5.66. The Kier molecular flexibility index (Phi) is 11.7. The number of rotatable bonds is 12. The molecule has 2 aliphatic rings. The zero-order valence-corrected chi connectivity index (χ0v) is 26.5. The van der Waals surface area contributed by atoms with E-state index in [9.17, 15) is 0 Å². The van der Waals surface area contributed by atoms with E-state index in [-0.39, 0.29) is 0 Å². The number of hydrogen-bond acceptors (Lipinski definition) is 1. The van der Waals surface area contributed by atoms with Gasteiger partial charge >= 0.3 is 0 Å². The van der Waals surface area contributed by atoms with Crippen molar-refractivity contribution >= 4 is 11.6 Å². The van der Waals surface area contributed by atoms with Crippen molar-refractivity contribution < 1.29 is 0 Å². The first-order valence-electron chi connectivity index (χ1n) is 15.7. The lowest BCUT2D eigenvalue weighted by Crippen LogP contribution is -2.29. The first kappa shape index (κ1) is 31.0. The van der Waals surface area contributed by atoms with Crippen LogP contribution in [0.2, 0.25) is 0 Å². The highest BCUT2D eigenvalue weighted by Crippen LogP contribution is 2.32. The molecule has 1 aliphatic carbocycles. The van der Waals surface area contributed by atoms with Crippen molar-refractivity contribution in [1.82, 2.24) is 5.32 Å². The normalized spacial score (nSPS) is 19.8. The molecule has 0 aromatic heterocycles. The van der Waals surface area contributed by atoms with E-state index in [1.807, 2.05) is 0 Å². The lowest BCUT2D eigenvalue weighted by molar-refractivity contribution is 0.456. The summed E-state index contributed by atoms with van der Waals surface area (Å²) >= 11 is 0. The lowest BCUT2D eigenvalue weighted by Gasteiger charge is -2.26. The first-order valence-corrected chi connectivity index (χ1v) is 15.7. The monoisotopic (exact) mass is 525 g/mol. The van der Waals surface area contributed by atoms with Gasteiger partial charge < -0.3 is 5.32 Å². The molecule has 0 bridgehead atoms. The van der Waals surface area contributed by atoms with Crippen molar-refractivity contribution in [3.05, 3.63) is 92.6 Å². The zero-order chi connectivity index (χ0) is 28.5. The molecule has 1 heterocycles. The van der Waals surface area contributed by atoms with Crippen LogP contribution in [0, 0.1) is 24.7 Å². The molecule has 0 saturated carbocycles. The third-order valence-electron chi connectivity index (χ3n) is 9.16. The smallest absolute Gasteiger partial charge is 0.0421 e. The number of hydrogen-bond donors (Lipinski definition) is 1. The number of benzene rings is 1. The van der Waals surface area contributed by atoms with E-state index in [1.54, 1.807) is 0 Å². The Labute approximate surface area is 240 Å². The number of fused-ring (bicyclic) bond motifs is 1. The number of dihydropyridines is 1. The van der Waals surface area contributed by atoms with Gasteiger partial charge in [-0.25, -0.2) is 0 Å². The van der Waals surface area contributed by atoms with Crippen molar-refractivity contribution in [3.63, 3.8) is 0 Å². The molecular formula is C38H55N. The minimum absolute atomic E-state index is 0.363. The number of aryl methyl sites for hydroxylation is 1.